The second-order valence-corrected chi connectivity index (χ2v) is 5.11. The number of aromatic amines is 1. The number of fused-ring (bicyclic) bond motifs is 1. The van der Waals surface area contributed by atoms with Crippen molar-refractivity contribution in [3.05, 3.63) is 22.4 Å². The normalized spacial score (nSPS) is 29.1. The molecule has 1 aromatic rings. The number of amides is 1. The van der Waals surface area contributed by atoms with Gasteiger partial charge in [0.1, 0.15) is 5.69 Å². The van der Waals surface area contributed by atoms with Gasteiger partial charge in [-0.05, 0) is 40.3 Å². The van der Waals surface area contributed by atoms with Crippen molar-refractivity contribution in [2.24, 2.45) is 11.8 Å². The summed E-state index contributed by atoms with van der Waals surface area (Å²) in [5.41, 5.74) is 0.693. The van der Waals surface area contributed by atoms with Crippen LogP contribution in [-0.2, 0) is 0 Å². The van der Waals surface area contributed by atoms with E-state index in [0.29, 0.717) is 5.69 Å². The van der Waals surface area contributed by atoms with Crippen LogP contribution in [-0.4, -0.2) is 28.9 Å². The number of aromatic nitrogens is 1. The summed E-state index contributed by atoms with van der Waals surface area (Å²) in [5.74, 6) is 1.75. The minimum absolute atomic E-state index is 0.142. The summed E-state index contributed by atoms with van der Waals surface area (Å²) >= 11 is 3.33. The molecule has 2 fully saturated rings. The van der Waals surface area contributed by atoms with E-state index in [1.807, 2.05) is 11.0 Å². The number of nitrogens with zero attached hydrogens (tertiary/aromatic N) is 1. The lowest BCUT2D eigenvalue weighted by Crippen LogP contribution is -2.30. The van der Waals surface area contributed by atoms with E-state index in [2.05, 4.69) is 20.9 Å². The fourth-order valence-corrected chi connectivity index (χ4v) is 2.57. The van der Waals surface area contributed by atoms with E-state index >= 15 is 0 Å². The zero-order chi connectivity index (χ0) is 9.71. The van der Waals surface area contributed by atoms with Crippen molar-refractivity contribution in [1.29, 1.82) is 0 Å². The van der Waals surface area contributed by atoms with Crippen LogP contribution in [0.25, 0.3) is 0 Å². The van der Waals surface area contributed by atoms with Crippen LogP contribution >= 0.6 is 15.9 Å². The Morgan fingerprint density at radius 1 is 1.50 bits per heavy atom. The molecule has 2 unspecified atom stereocenters. The van der Waals surface area contributed by atoms with Gasteiger partial charge in [-0.1, -0.05) is 0 Å². The number of rotatable bonds is 1. The summed E-state index contributed by atoms with van der Waals surface area (Å²) in [6.07, 6.45) is 3.13. The zero-order valence-electron chi connectivity index (χ0n) is 7.66. The molecule has 1 saturated heterocycles. The second kappa shape index (κ2) is 2.86. The van der Waals surface area contributed by atoms with Gasteiger partial charge in [-0.25, -0.2) is 0 Å². The average Bonchev–Trinajstić information content (AvgIpc) is 2.64. The molecule has 0 bridgehead atoms. The van der Waals surface area contributed by atoms with E-state index in [-0.39, 0.29) is 5.91 Å². The Labute approximate surface area is 90.6 Å². The van der Waals surface area contributed by atoms with Crippen LogP contribution in [0.1, 0.15) is 16.9 Å². The smallest absolute Gasteiger partial charge is 0.270 e. The summed E-state index contributed by atoms with van der Waals surface area (Å²) in [4.78, 5) is 16.8. The van der Waals surface area contributed by atoms with Gasteiger partial charge in [0, 0.05) is 23.8 Å². The van der Waals surface area contributed by atoms with Crippen molar-refractivity contribution in [3.8, 4) is 0 Å². The van der Waals surface area contributed by atoms with Gasteiger partial charge in [-0.3, -0.25) is 4.79 Å². The van der Waals surface area contributed by atoms with E-state index < -0.39 is 0 Å². The molecule has 2 aliphatic rings. The molecule has 1 saturated carbocycles. The highest BCUT2D eigenvalue weighted by Crippen LogP contribution is 2.45. The van der Waals surface area contributed by atoms with Crippen molar-refractivity contribution >= 4 is 21.8 Å². The molecule has 4 heteroatoms. The molecule has 1 aliphatic carbocycles. The summed E-state index contributed by atoms with van der Waals surface area (Å²) in [6, 6.07) is 1.84. The molecule has 2 heterocycles. The van der Waals surface area contributed by atoms with Crippen LogP contribution in [0, 0.1) is 11.8 Å². The molecule has 1 aliphatic heterocycles. The Kier molecular flexibility index (Phi) is 1.74. The third-order valence-corrected chi connectivity index (χ3v) is 3.60. The second-order valence-electron chi connectivity index (χ2n) is 4.20. The Bertz CT molecular complexity index is 377. The molecule has 1 amide bonds. The monoisotopic (exact) mass is 254 g/mol. The molecule has 74 valence electrons. The Hall–Kier alpha value is -0.770. The lowest BCUT2D eigenvalue weighted by molar-refractivity contribution is 0.0770. The molecule has 0 spiro atoms. The Morgan fingerprint density at radius 2 is 2.21 bits per heavy atom. The number of carbonyl (C=O) groups is 1. The standard InChI is InChI=1S/C10H11BrN2O/c11-8-2-9(12-3-8)10(14)13-4-6-1-7(6)5-13/h2-3,6-7,12H,1,4-5H2. The minimum atomic E-state index is 0.142. The third-order valence-electron chi connectivity index (χ3n) is 3.14. The number of hydrogen-bond donors (Lipinski definition) is 1. The molecule has 3 rings (SSSR count). The van der Waals surface area contributed by atoms with Crippen molar-refractivity contribution in [2.75, 3.05) is 13.1 Å². The number of halogens is 1. The molecule has 0 aromatic carbocycles. The molecule has 14 heavy (non-hydrogen) atoms. The van der Waals surface area contributed by atoms with E-state index in [1.54, 1.807) is 6.20 Å². The maximum absolute atomic E-state index is 11.9. The molecule has 1 aromatic heterocycles. The van der Waals surface area contributed by atoms with Crippen molar-refractivity contribution in [1.82, 2.24) is 9.88 Å². The van der Waals surface area contributed by atoms with Gasteiger partial charge in [0.2, 0.25) is 0 Å². The van der Waals surface area contributed by atoms with Crippen molar-refractivity contribution in [3.63, 3.8) is 0 Å². The van der Waals surface area contributed by atoms with Gasteiger partial charge in [-0.15, -0.1) is 0 Å². The average molecular weight is 255 g/mol. The first-order valence-electron chi connectivity index (χ1n) is 4.87. The highest BCUT2D eigenvalue weighted by Gasteiger charge is 2.46. The van der Waals surface area contributed by atoms with Crippen LogP contribution in [0.4, 0.5) is 0 Å². The predicted molar refractivity (Wildman–Crippen MR) is 56.0 cm³/mol. The first-order chi connectivity index (χ1) is 6.74. The van der Waals surface area contributed by atoms with Gasteiger partial charge >= 0.3 is 0 Å². The topological polar surface area (TPSA) is 36.1 Å². The lowest BCUT2D eigenvalue weighted by Gasteiger charge is -2.16. The molecular formula is C10H11BrN2O. The number of hydrogen-bond acceptors (Lipinski definition) is 1. The zero-order valence-corrected chi connectivity index (χ0v) is 9.25. The highest BCUT2D eigenvalue weighted by atomic mass is 79.9. The number of likely N-dealkylation sites (tertiary alicyclic amines) is 1. The third kappa shape index (κ3) is 1.29. The molecule has 3 nitrogen and oxygen atoms in total. The molecule has 0 radical (unpaired) electrons. The van der Waals surface area contributed by atoms with Gasteiger partial charge in [0.05, 0.1) is 0 Å². The van der Waals surface area contributed by atoms with Gasteiger partial charge in [0.25, 0.3) is 5.91 Å². The summed E-state index contributed by atoms with van der Waals surface area (Å²) in [7, 11) is 0. The van der Waals surface area contributed by atoms with E-state index in [4.69, 9.17) is 0 Å². The summed E-state index contributed by atoms with van der Waals surface area (Å²) in [5, 5.41) is 0. The summed E-state index contributed by atoms with van der Waals surface area (Å²) in [6.45, 7) is 1.92. The van der Waals surface area contributed by atoms with E-state index in [9.17, 15) is 4.79 Å². The summed E-state index contributed by atoms with van der Waals surface area (Å²) < 4.78 is 0.935. The van der Waals surface area contributed by atoms with Crippen molar-refractivity contribution in [2.45, 2.75) is 6.42 Å². The first-order valence-corrected chi connectivity index (χ1v) is 5.66. The molecule has 1 N–H and O–H groups in total. The van der Waals surface area contributed by atoms with Crippen LogP contribution in [0.15, 0.2) is 16.7 Å². The lowest BCUT2D eigenvalue weighted by atomic mass is 10.3. The van der Waals surface area contributed by atoms with Crippen LogP contribution in [0.3, 0.4) is 0 Å². The molecule has 2 atom stereocenters. The van der Waals surface area contributed by atoms with Gasteiger partial charge in [0.15, 0.2) is 0 Å². The number of H-pyrrole nitrogens is 1. The van der Waals surface area contributed by atoms with E-state index in [0.717, 1.165) is 29.4 Å². The van der Waals surface area contributed by atoms with Crippen LogP contribution < -0.4 is 0 Å². The quantitative estimate of drug-likeness (QED) is 0.817. The Balaban J connectivity index is 1.76. The number of nitrogens with one attached hydrogen (secondary N) is 1. The Morgan fingerprint density at radius 3 is 2.79 bits per heavy atom. The maximum atomic E-state index is 11.9. The minimum Gasteiger partial charge on any atom is -0.356 e. The fraction of sp³-hybridized carbons (Fsp3) is 0.500. The van der Waals surface area contributed by atoms with Crippen molar-refractivity contribution < 1.29 is 4.79 Å². The first kappa shape index (κ1) is 8.53. The van der Waals surface area contributed by atoms with Gasteiger partial charge in [-0.2, -0.15) is 0 Å². The SMILES string of the molecule is O=C(c1cc(Br)c[nH]1)N1CC2CC2C1. The van der Waals surface area contributed by atoms with Gasteiger partial charge < -0.3 is 9.88 Å². The van der Waals surface area contributed by atoms with E-state index in [1.165, 1.54) is 6.42 Å². The number of piperidine rings is 1. The fourth-order valence-electron chi connectivity index (χ4n) is 2.23. The van der Waals surface area contributed by atoms with Crippen LogP contribution in [0.5, 0.6) is 0 Å². The highest BCUT2D eigenvalue weighted by molar-refractivity contribution is 9.10. The maximum Gasteiger partial charge on any atom is 0.270 e. The predicted octanol–water partition coefficient (Wildman–Crippen LogP) is 1.87. The van der Waals surface area contributed by atoms with Crippen LogP contribution in [0.2, 0.25) is 0 Å². The largest absolute Gasteiger partial charge is 0.356 e. The molecular weight excluding hydrogens is 244 g/mol. The number of carbonyl (C=O) groups excluding carboxylic acids is 1.